The molecular formula is C17H22FN5O2. The number of aromatic nitrogens is 3. The molecular weight excluding hydrogens is 325 g/mol. The van der Waals surface area contributed by atoms with Crippen molar-refractivity contribution in [2.24, 2.45) is 0 Å². The van der Waals surface area contributed by atoms with Gasteiger partial charge in [-0.2, -0.15) is 0 Å². The number of nitrogens with one attached hydrogen (secondary N) is 2. The van der Waals surface area contributed by atoms with Crippen molar-refractivity contribution >= 4 is 5.91 Å². The summed E-state index contributed by atoms with van der Waals surface area (Å²) in [7, 11) is 1.41. The van der Waals surface area contributed by atoms with Crippen LogP contribution in [-0.4, -0.2) is 41.1 Å². The Kier molecular flexibility index (Phi) is 5.28. The van der Waals surface area contributed by atoms with Crippen LogP contribution < -0.4 is 15.4 Å². The van der Waals surface area contributed by atoms with Crippen LogP contribution in [0.3, 0.4) is 0 Å². The first-order valence-corrected chi connectivity index (χ1v) is 8.35. The number of rotatable bonds is 5. The molecule has 134 valence electrons. The van der Waals surface area contributed by atoms with Gasteiger partial charge in [0.2, 0.25) is 0 Å². The molecule has 1 aromatic heterocycles. The zero-order valence-electron chi connectivity index (χ0n) is 14.3. The maximum atomic E-state index is 13.8. The molecule has 0 aliphatic carbocycles. The molecule has 1 fully saturated rings. The van der Waals surface area contributed by atoms with Gasteiger partial charge in [-0.05, 0) is 50.6 Å². The number of hydrogen-bond acceptors (Lipinski definition) is 5. The molecule has 1 unspecified atom stereocenters. The van der Waals surface area contributed by atoms with Gasteiger partial charge in [-0.3, -0.25) is 4.79 Å². The Bertz CT molecular complexity index is 742. The summed E-state index contributed by atoms with van der Waals surface area (Å²) in [5, 5.41) is 14.2. The van der Waals surface area contributed by atoms with Crippen LogP contribution in [0.15, 0.2) is 24.4 Å². The Hall–Kier alpha value is -2.48. The second kappa shape index (κ2) is 7.60. The highest BCUT2D eigenvalue weighted by Crippen LogP contribution is 2.22. The molecule has 1 atom stereocenters. The highest BCUT2D eigenvalue weighted by Gasteiger charge is 2.20. The van der Waals surface area contributed by atoms with E-state index >= 15 is 0 Å². The normalized spacial score (nSPS) is 16.4. The summed E-state index contributed by atoms with van der Waals surface area (Å²) < 4.78 is 20.5. The number of methoxy groups -OCH3 is 1. The van der Waals surface area contributed by atoms with E-state index in [0.29, 0.717) is 5.56 Å². The molecule has 0 saturated carbocycles. The van der Waals surface area contributed by atoms with Crippen molar-refractivity contribution in [3.05, 3.63) is 41.5 Å². The lowest BCUT2D eigenvalue weighted by atomic mass is 10.1. The Morgan fingerprint density at radius 3 is 2.88 bits per heavy atom. The molecule has 2 aromatic rings. The molecule has 1 amide bonds. The molecule has 3 rings (SSSR count). The number of hydrogen-bond donors (Lipinski definition) is 2. The van der Waals surface area contributed by atoms with Crippen molar-refractivity contribution in [3.8, 4) is 5.75 Å². The molecule has 7 nitrogen and oxygen atoms in total. The molecule has 0 radical (unpaired) electrons. The monoisotopic (exact) mass is 347 g/mol. The molecule has 0 spiro atoms. The summed E-state index contributed by atoms with van der Waals surface area (Å²) in [6.07, 6.45) is 3.60. The SMILES string of the molecule is COc1ccc(C(C)NC(=O)c2cn(C3CCNCC3)nn2)cc1F. The van der Waals surface area contributed by atoms with Gasteiger partial charge in [-0.15, -0.1) is 5.10 Å². The van der Waals surface area contributed by atoms with Gasteiger partial charge in [0.05, 0.1) is 25.4 Å². The first-order chi connectivity index (χ1) is 12.1. The van der Waals surface area contributed by atoms with E-state index in [9.17, 15) is 9.18 Å². The van der Waals surface area contributed by atoms with Crippen LogP contribution >= 0.6 is 0 Å². The summed E-state index contributed by atoms with van der Waals surface area (Å²) in [6, 6.07) is 4.52. The van der Waals surface area contributed by atoms with Gasteiger partial charge >= 0.3 is 0 Å². The molecule has 1 aromatic carbocycles. The van der Waals surface area contributed by atoms with E-state index in [1.807, 2.05) is 0 Å². The highest BCUT2D eigenvalue weighted by atomic mass is 19.1. The van der Waals surface area contributed by atoms with Gasteiger partial charge in [-0.25, -0.2) is 9.07 Å². The fourth-order valence-corrected chi connectivity index (χ4v) is 2.94. The van der Waals surface area contributed by atoms with Crippen LogP contribution in [-0.2, 0) is 0 Å². The molecule has 1 aliphatic heterocycles. The molecule has 1 saturated heterocycles. The van der Waals surface area contributed by atoms with Crippen molar-refractivity contribution in [1.82, 2.24) is 25.6 Å². The minimum Gasteiger partial charge on any atom is -0.494 e. The third-order valence-corrected chi connectivity index (χ3v) is 4.45. The average Bonchev–Trinajstić information content (AvgIpc) is 3.12. The lowest BCUT2D eigenvalue weighted by molar-refractivity contribution is 0.0934. The van der Waals surface area contributed by atoms with E-state index < -0.39 is 5.82 Å². The number of halogens is 1. The maximum absolute atomic E-state index is 13.8. The number of amides is 1. The van der Waals surface area contributed by atoms with E-state index in [2.05, 4.69) is 20.9 Å². The number of nitrogens with zero attached hydrogens (tertiary/aromatic N) is 3. The van der Waals surface area contributed by atoms with Crippen molar-refractivity contribution in [1.29, 1.82) is 0 Å². The average molecular weight is 347 g/mol. The van der Waals surface area contributed by atoms with E-state index in [-0.39, 0.29) is 29.4 Å². The standard InChI is InChI=1S/C17H22FN5O2/c1-11(12-3-4-16(25-2)14(18)9-12)20-17(24)15-10-23(22-21-15)13-5-7-19-8-6-13/h3-4,9-11,13,19H,5-8H2,1-2H3,(H,20,24). The molecule has 25 heavy (non-hydrogen) atoms. The quantitative estimate of drug-likeness (QED) is 0.863. The van der Waals surface area contributed by atoms with E-state index in [1.165, 1.54) is 13.2 Å². The third kappa shape index (κ3) is 3.96. The number of piperidine rings is 1. The topological polar surface area (TPSA) is 81.1 Å². The summed E-state index contributed by atoms with van der Waals surface area (Å²) in [6.45, 7) is 3.66. The summed E-state index contributed by atoms with van der Waals surface area (Å²) in [4.78, 5) is 12.4. The van der Waals surface area contributed by atoms with E-state index in [4.69, 9.17) is 4.74 Å². The lowest BCUT2D eigenvalue weighted by Crippen LogP contribution is -2.29. The Morgan fingerprint density at radius 2 is 2.20 bits per heavy atom. The Morgan fingerprint density at radius 1 is 1.44 bits per heavy atom. The predicted molar refractivity (Wildman–Crippen MR) is 90.0 cm³/mol. The van der Waals surface area contributed by atoms with Gasteiger partial charge in [0.25, 0.3) is 5.91 Å². The van der Waals surface area contributed by atoms with Crippen LogP contribution in [0.5, 0.6) is 5.75 Å². The fraction of sp³-hybridized carbons (Fsp3) is 0.471. The zero-order valence-corrected chi connectivity index (χ0v) is 14.3. The Balaban J connectivity index is 1.65. The highest BCUT2D eigenvalue weighted by molar-refractivity contribution is 5.92. The molecule has 2 N–H and O–H groups in total. The van der Waals surface area contributed by atoms with Gasteiger partial charge in [-0.1, -0.05) is 11.3 Å². The predicted octanol–water partition coefficient (Wildman–Crippen LogP) is 1.84. The maximum Gasteiger partial charge on any atom is 0.273 e. The van der Waals surface area contributed by atoms with Crippen molar-refractivity contribution < 1.29 is 13.9 Å². The van der Waals surface area contributed by atoms with Gasteiger partial charge in [0.15, 0.2) is 17.3 Å². The van der Waals surface area contributed by atoms with Crippen LogP contribution in [0, 0.1) is 5.82 Å². The van der Waals surface area contributed by atoms with Gasteiger partial charge in [0.1, 0.15) is 0 Å². The minimum absolute atomic E-state index is 0.173. The molecule has 0 bridgehead atoms. The van der Waals surface area contributed by atoms with Gasteiger partial charge < -0.3 is 15.4 Å². The smallest absolute Gasteiger partial charge is 0.273 e. The summed E-state index contributed by atoms with van der Waals surface area (Å²) in [5.41, 5.74) is 0.914. The number of carbonyl (C=O) groups is 1. The first kappa shape index (κ1) is 17.3. The Labute approximate surface area is 145 Å². The van der Waals surface area contributed by atoms with Crippen LogP contribution in [0.2, 0.25) is 0 Å². The largest absolute Gasteiger partial charge is 0.494 e. The van der Waals surface area contributed by atoms with Crippen molar-refractivity contribution in [2.75, 3.05) is 20.2 Å². The number of carbonyl (C=O) groups excluding carboxylic acids is 1. The molecule has 2 heterocycles. The first-order valence-electron chi connectivity index (χ1n) is 8.35. The fourth-order valence-electron chi connectivity index (χ4n) is 2.94. The summed E-state index contributed by atoms with van der Waals surface area (Å²) in [5.74, 6) is -0.617. The van der Waals surface area contributed by atoms with Crippen LogP contribution in [0.25, 0.3) is 0 Å². The van der Waals surface area contributed by atoms with Crippen molar-refractivity contribution in [2.45, 2.75) is 31.8 Å². The molecule has 8 heteroatoms. The second-order valence-electron chi connectivity index (χ2n) is 6.15. The zero-order chi connectivity index (χ0) is 17.8. The van der Waals surface area contributed by atoms with Crippen LogP contribution in [0.1, 0.15) is 47.9 Å². The van der Waals surface area contributed by atoms with E-state index in [0.717, 1.165) is 25.9 Å². The van der Waals surface area contributed by atoms with Crippen molar-refractivity contribution in [3.63, 3.8) is 0 Å². The molecule has 1 aliphatic rings. The minimum atomic E-state index is -0.460. The van der Waals surface area contributed by atoms with Crippen LogP contribution in [0.4, 0.5) is 4.39 Å². The number of benzene rings is 1. The van der Waals surface area contributed by atoms with Gasteiger partial charge in [0, 0.05) is 0 Å². The third-order valence-electron chi connectivity index (χ3n) is 4.45. The van der Waals surface area contributed by atoms with E-state index in [1.54, 1.807) is 29.9 Å². The summed E-state index contributed by atoms with van der Waals surface area (Å²) >= 11 is 0. The lowest BCUT2D eigenvalue weighted by Gasteiger charge is -2.22. The second-order valence-corrected chi connectivity index (χ2v) is 6.15. The number of ether oxygens (including phenoxy) is 1.